The molecule has 3 aromatic rings. The number of anilines is 2. The molecular formula is C28H34N8O3. The van der Waals surface area contributed by atoms with Crippen molar-refractivity contribution in [1.82, 2.24) is 20.2 Å². The second-order valence-electron chi connectivity index (χ2n) is 9.82. The number of nitrogens with two attached hydrogens (primary N) is 2. The minimum Gasteiger partial charge on any atom is -0.399 e. The molecule has 1 fully saturated rings. The molecule has 8 N–H and O–H groups in total. The molecule has 1 saturated carbocycles. The second kappa shape index (κ2) is 11.8. The first-order valence-electron chi connectivity index (χ1n) is 12.9. The summed E-state index contributed by atoms with van der Waals surface area (Å²) in [7, 11) is 0. The van der Waals surface area contributed by atoms with Gasteiger partial charge >= 0.3 is 0 Å². The molecule has 1 atom stereocenters. The van der Waals surface area contributed by atoms with Crippen molar-refractivity contribution in [2.75, 3.05) is 11.1 Å². The minimum atomic E-state index is -0.437. The maximum Gasteiger partial charge on any atom is 0.294 e. The van der Waals surface area contributed by atoms with E-state index in [1.54, 1.807) is 42.5 Å². The fourth-order valence-electron chi connectivity index (χ4n) is 3.94. The van der Waals surface area contributed by atoms with Gasteiger partial charge in [0.25, 0.3) is 11.5 Å². The van der Waals surface area contributed by atoms with E-state index in [9.17, 15) is 14.4 Å². The Balaban J connectivity index is 1.61. The zero-order chi connectivity index (χ0) is 28.1. The summed E-state index contributed by atoms with van der Waals surface area (Å²) in [6.45, 7) is 3.86. The molecule has 39 heavy (non-hydrogen) atoms. The SMILES string of the molecule is CC[C@@H](C)NC(=O)c1cc(N)cc(-c2cnc(NC3CC3)c(=O)n2CC(=O)NCc2ccc(C(=N)N)cc2)c1. The Morgan fingerprint density at radius 1 is 1.15 bits per heavy atom. The highest BCUT2D eigenvalue weighted by molar-refractivity contribution is 5.97. The molecule has 1 aliphatic carbocycles. The molecular weight excluding hydrogens is 496 g/mol. The van der Waals surface area contributed by atoms with E-state index in [1.165, 1.54) is 10.8 Å². The molecule has 0 bridgehead atoms. The maximum atomic E-state index is 13.4. The average Bonchev–Trinajstić information content (AvgIpc) is 3.73. The zero-order valence-electron chi connectivity index (χ0n) is 22.1. The van der Waals surface area contributed by atoms with E-state index < -0.39 is 5.56 Å². The number of hydrogen-bond acceptors (Lipinski definition) is 7. The summed E-state index contributed by atoms with van der Waals surface area (Å²) in [6, 6.07) is 12.0. The van der Waals surface area contributed by atoms with Gasteiger partial charge in [-0.3, -0.25) is 24.4 Å². The Labute approximate surface area is 226 Å². The molecule has 0 spiro atoms. The molecule has 0 unspecified atom stereocenters. The number of benzene rings is 2. The van der Waals surface area contributed by atoms with Crippen LogP contribution in [0, 0.1) is 5.41 Å². The predicted molar refractivity (Wildman–Crippen MR) is 152 cm³/mol. The van der Waals surface area contributed by atoms with Gasteiger partial charge in [0, 0.05) is 41.0 Å². The lowest BCUT2D eigenvalue weighted by Crippen LogP contribution is -2.34. The fourth-order valence-corrected chi connectivity index (χ4v) is 3.94. The van der Waals surface area contributed by atoms with Crippen molar-refractivity contribution in [3.05, 3.63) is 75.7 Å². The van der Waals surface area contributed by atoms with E-state index >= 15 is 0 Å². The van der Waals surface area contributed by atoms with Crippen LogP contribution in [0.25, 0.3) is 11.3 Å². The lowest BCUT2D eigenvalue weighted by molar-refractivity contribution is -0.121. The van der Waals surface area contributed by atoms with Gasteiger partial charge in [-0.15, -0.1) is 0 Å². The highest BCUT2D eigenvalue weighted by atomic mass is 16.2. The van der Waals surface area contributed by atoms with Crippen LogP contribution < -0.4 is 33.0 Å². The summed E-state index contributed by atoms with van der Waals surface area (Å²) in [5.41, 5.74) is 14.2. The van der Waals surface area contributed by atoms with Crippen LogP contribution in [0.4, 0.5) is 11.5 Å². The monoisotopic (exact) mass is 530 g/mol. The lowest BCUT2D eigenvalue weighted by atomic mass is 10.1. The van der Waals surface area contributed by atoms with Gasteiger partial charge in [0.15, 0.2) is 5.82 Å². The number of amides is 2. The van der Waals surface area contributed by atoms with Gasteiger partial charge in [0.2, 0.25) is 5.91 Å². The third kappa shape index (κ3) is 7.01. The van der Waals surface area contributed by atoms with Gasteiger partial charge in [-0.2, -0.15) is 0 Å². The maximum absolute atomic E-state index is 13.4. The van der Waals surface area contributed by atoms with E-state index in [0.29, 0.717) is 28.1 Å². The van der Waals surface area contributed by atoms with Crippen molar-refractivity contribution >= 4 is 29.2 Å². The Morgan fingerprint density at radius 2 is 1.87 bits per heavy atom. The zero-order valence-corrected chi connectivity index (χ0v) is 22.1. The highest BCUT2D eigenvalue weighted by Crippen LogP contribution is 2.25. The molecule has 204 valence electrons. The van der Waals surface area contributed by atoms with Gasteiger partial charge < -0.3 is 27.4 Å². The molecule has 1 aromatic heterocycles. The predicted octanol–water partition coefficient (Wildman–Crippen LogP) is 2.20. The topological polar surface area (TPSA) is 181 Å². The van der Waals surface area contributed by atoms with Crippen molar-refractivity contribution in [3.8, 4) is 11.3 Å². The molecule has 2 aromatic carbocycles. The minimum absolute atomic E-state index is 0.0163. The summed E-state index contributed by atoms with van der Waals surface area (Å²) in [6.07, 6.45) is 4.20. The van der Waals surface area contributed by atoms with Gasteiger partial charge in [0.1, 0.15) is 12.4 Å². The quantitative estimate of drug-likeness (QED) is 0.125. The third-order valence-corrected chi connectivity index (χ3v) is 6.53. The third-order valence-electron chi connectivity index (χ3n) is 6.53. The number of carbonyl (C=O) groups excluding carboxylic acids is 2. The number of carbonyl (C=O) groups is 2. The molecule has 4 rings (SSSR count). The highest BCUT2D eigenvalue weighted by Gasteiger charge is 2.24. The van der Waals surface area contributed by atoms with Crippen molar-refractivity contribution in [1.29, 1.82) is 5.41 Å². The standard InChI is InChI=1S/C28H34N8O3/c1-3-16(2)34-27(38)20-10-19(11-21(29)12-20)23-14-33-26(35-22-8-9-22)28(39)36(23)15-24(37)32-13-17-4-6-18(7-5-17)25(30)31/h4-7,10-12,14,16,22H,3,8-9,13,15,29H2,1-2H3,(H3,30,31)(H,32,37)(H,33,35)(H,34,38)/t16-/m1/s1. The fraction of sp³-hybridized carbons (Fsp3) is 0.321. The lowest BCUT2D eigenvalue weighted by Gasteiger charge is -2.17. The molecule has 0 saturated heterocycles. The second-order valence-corrected chi connectivity index (χ2v) is 9.82. The first kappa shape index (κ1) is 27.4. The van der Waals surface area contributed by atoms with Crippen molar-refractivity contribution in [2.45, 2.75) is 58.3 Å². The molecule has 0 aliphatic heterocycles. The van der Waals surface area contributed by atoms with Gasteiger partial charge in [-0.25, -0.2) is 4.98 Å². The Kier molecular flexibility index (Phi) is 8.28. The van der Waals surface area contributed by atoms with Crippen LogP contribution in [0.1, 0.15) is 54.6 Å². The van der Waals surface area contributed by atoms with Crippen LogP contribution in [-0.4, -0.2) is 39.3 Å². The Bertz CT molecular complexity index is 1440. The van der Waals surface area contributed by atoms with Gasteiger partial charge in [0.05, 0.1) is 11.9 Å². The van der Waals surface area contributed by atoms with E-state index in [4.69, 9.17) is 16.9 Å². The van der Waals surface area contributed by atoms with Gasteiger partial charge in [-0.1, -0.05) is 31.2 Å². The molecule has 11 heteroatoms. The van der Waals surface area contributed by atoms with Crippen LogP contribution in [0.3, 0.4) is 0 Å². The smallest absolute Gasteiger partial charge is 0.294 e. The van der Waals surface area contributed by atoms with E-state index in [-0.39, 0.29) is 48.6 Å². The normalized spacial score (nSPS) is 13.4. The molecule has 1 aliphatic rings. The summed E-state index contributed by atoms with van der Waals surface area (Å²) >= 11 is 0. The number of aromatic nitrogens is 2. The summed E-state index contributed by atoms with van der Waals surface area (Å²) < 4.78 is 1.34. The van der Waals surface area contributed by atoms with E-state index in [0.717, 1.165) is 24.8 Å². The number of nitrogens with zero attached hydrogens (tertiary/aromatic N) is 2. The molecule has 1 heterocycles. The molecule has 2 amide bonds. The largest absolute Gasteiger partial charge is 0.399 e. The Hall–Kier alpha value is -4.67. The van der Waals surface area contributed by atoms with Crippen molar-refractivity contribution in [2.24, 2.45) is 5.73 Å². The number of nitrogens with one attached hydrogen (secondary N) is 4. The number of nitrogen functional groups attached to an aromatic ring is 2. The average molecular weight is 531 g/mol. The molecule has 11 nitrogen and oxygen atoms in total. The molecule has 0 radical (unpaired) electrons. The summed E-state index contributed by atoms with van der Waals surface area (Å²) in [5.74, 6) is -0.517. The summed E-state index contributed by atoms with van der Waals surface area (Å²) in [4.78, 5) is 43.6. The number of hydrogen-bond donors (Lipinski definition) is 6. The first-order chi connectivity index (χ1) is 18.6. The van der Waals surface area contributed by atoms with Crippen molar-refractivity contribution < 1.29 is 9.59 Å². The van der Waals surface area contributed by atoms with Crippen LogP contribution in [0.5, 0.6) is 0 Å². The van der Waals surface area contributed by atoms with Crippen LogP contribution in [-0.2, 0) is 17.9 Å². The van der Waals surface area contributed by atoms with Crippen LogP contribution in [0.15, 0.2) is 53.5 Å². The van der Waals surface area contributed by atoms with Crippen LogP contribution >= 0.6 is 0 Å². The summed E-state index contributed by atoms with van der Waals surface area (Å²) in [5, 5.41) is 16.4. The van der Waals surface area contributed by atoms with Gasteiger partial charge in [-0.05, 0) is 49.9 Å². The van der Waals surface area contributed by atoms with E-state index in [1.807, 2.05) is 13.8 Å². The number of amidine groups is 1. The van der Waals surface area contributed by atoms with Crippen molar-refractivity contribution in [3.63, 3.8) is 0 Å². The number of rotatable bonds is 11. The van der Waals surface area contributed by atoms with Crippen LogP contribution in [0.2, 0.25) is 0 Å². The Morgan fingerprint density at radius 3 is 2.51 bits per heavy atom. The first-order valence-corrected chi connectivity index (χ1v) is 12.9. The van der Waals surface area contributed by atoms with E-state index in [2.05, 4.69) is 20.9 Å².